The molecule has 0 aliphatic rings. The normalized spacial score (nSPS) is 14.0. The molecule has 0 saturated carbocycles. The van der Waals surface area contributed by atoms with Gasteiger partial charge in [-0.05, 0) is 25.7 Å². The van der Waals surface area contributed by atoms with Crippen LogP contribution < -0.4 is 0 Å². The van der Waals surface area contributed by atoms with Crippen LogP contribution in [0.4, 0.5) is 0 Å². The van der Waals surface area contributed by atoms with E-state index in [2.05, 4.69) is 27.7 Å². The Hall–Kier alpha value is -1.94. The molecule has 0 aromatic heterocycles. The number of carbonyl (C=O) groups is 4. The minimum atomic E-state index is -4.95. The summed E-state index contributed by atoms with van der Waals surface area (Å²) in [5.74, 6) is -2.13. The molecule has 17 nitrogen and oxygen atoms in total. The maximum atomic E-state index is 13.0. The zero-order valence-corrected chi connectivity index (χ0v) is 59.9. The van der Waals surface area contributed by atoms with Crippen molar-refractivity contribution in [2.24, 2.45) is 0 Å². The van der Waals surface area contributed by atoms with Crippen molar-refractivity contribution < 1.29 is 80.2 Å². The van der Waals surface area contributed by atoms with E-state index in [-0.39, 0.29) is 25.7 Å². The van der Waals surface area contributed by atoms with Crippen molar-refractivity contribution in [3.8, 4) is 0 Å². The summed E-state index contributed by atoms with van der Waals surface area (Å²) >= 11 is 0. The highest BCUT2D eigenvalue weighted by molar-refractivity contribution is 7.47. The van der Waals surface area contributed by atoms with Crippen LogP contribution in [0.5, 0.6) is 0 Å². The first-order valence-electron chi connectivity index (χ1n) is 37.3. The van der Waals surface area contributed by atoms with Gasteiger partial charge in [0.1, 0.15) is 19.3 Å². The summed E-state index contributed by atoms with van der Waals surface area (Å²) in [6, 6.07) is 0. The number of phosphoric acid groups is 2. The molecule has 3 N–H and O–H groups in total. The van der Waals surface area contributed by atoms with Crippen molar-refractivity contribution in [2.75, 3.05) is 39.6 Å². The zero-order valence-electron chi connectivity index (χ0n) is 58.1. The fourth-order valence-corrected chi connectivity index (χ4v) is 12.4. The highest BCUT2D eigenvalue weighted by Gasteiger charge is 2.30. The first-order chi connectivity index (χ1) is 43.7. The third-order valence-electron chi connectivity index (χ3n) is 16.6. The van der Waals surface area contributed by atoms with Crippen LogP contribution in [-0.2, 0) is 65.4 Å². The average Bonchev–Trinajstić information content (AvgIpc) is 3.55. The Bertz CT molecular complexity index is 1720. The summed E-state index contributed by atoms with van der Waals surface area (Å²) in [6.45, 7) is 4.90. The number of hydrogen-bond donors (Lipinski definition) is 3. The lowest BCUT2D eigenvalue weighted by molar-refractivity contribution is -0.161. The minimum absolute atomic E-state index is 0.107. The first-order valence-corrected chi connectivity index (χ1v) is 40.3. The third kappa shape index (κ3) is 64.8. The zero-order chi connectivity index (χ0) is 66.1. The van der Waals surface area contributed by atoms with Crippen LogP contribution in [0.3, 0.4) is 0 Å². The Labute approximate surface area is 549 Å². The molecule has 534 valence electrons. The Morgan fingerprint density at radius 2 is 0.444 bits per heavy atom. The standard InChI is InChI=1S/C71H138O17P2/c1-5-9-13-17-21-25-28-29-30-31-32-33-34-35-36-37-38-39-42-46-50-54-58-71(76)88-67(62-82-69(74)56-52-48-44-40-26-22-18-14-10-6-2)64-86-90(79,80)84-60-65(72)59-83-89(77,78)85-63-66(61-81-68(73)55-51-47-43-24-20-16-12-8-4)87-70(75)57-53-49-45-41-27-23-19-15-11-7-3/h65-67,72H,5-64H2,1-4H3,(H,77,78)(H,79,80)/t65-,66+,67+/m0/s1. The number of hydrogen-bond acceptors (Lipinski definition) is 15. The Kier molecular flexibility index (Phi) is 64.3. The maximum Gasteiger partial charge on any atom is 0.472 e. The summed E-state index contributed by atoms with van der Waals surface area (Å²) in [6.07, 6.45) is 54.3. The van der Waals surface area contributed by atoms with Crippen molar-refractivity contribution in [1.29, 1.82) is 0 Å². The second-order valence-electron chi connectivity index (χ2n) is 25.6. The van der Waals surface area contributed by atoms with Gasteiger partial charge >= 0.3 is 39.5 Å². The summed E-state index contributed by atoms with van der Waals surface area (Å²) in [5, 5.41) is 10.6. The van der Waals surface area contributed by atoms with Gasteiger partial charge in [0.25, 0.3) is 0 Å². The number of aliphatic hydroxyl groups is 1. The highest BCUT2D eigenvalue weighted by Crippen LogP contribution is 2.45. The number of unbranched alkanes of at least 4 members (excludes halogenated alkanes) is 46. The van der Waals surface area contributed by atoms with Gasteiger partial charge in [0, 0.05) is 25.7 Å². The van der Waals surface area contributed by atoms with E-state index in [9.17, 15) is 43.2 Å². The number of esters is 4. The van der Waals surface area contributed by atoms with Crippen LogP contribution in [0.1, 0.15) is 374 Å². The molecule has 0 amide bonds. The number of aliphatic hydroxyl groups excluding tert-OH is 1. The van der Waals surface area contributed by atoms with Crippen LogP contribution in [0.2, 0.25) is 0 Å². The lowest BCUT2D eigenvalue weighted by atomic mass is 10.0. The van der Waals surface area contributed by atoms with Gasteiger partial charge in [0.15, 0.2) is 12.2 Å². The van der Waals surface area contributed by atoms with E-state index >= 15 is 0 Å². The summed E-state index contributed by atoms with van der Waals surface area (Å²) in [4.78, 5) is 72.4. The molecule has 0 rings (SSSR count). The fraction of sp³-hybridized carbons (Fsp3) is 0.944. The summed E-state index contributed by atoms with van der Waals surface area (Å²) in [7, 11) is -9.89. The second-order valence-corrected chi connectivity index (χ2v) is 28.5. The van der Waals surface area contributed by atoms with Gasteiger partial charge in [0.05, 0.1) is 26.4 Å². The molecule has 0 saturated heterocycles. The number of phosphoric ester groups is 2. The largest absolute Gasteiger partial charge is 0.472 e. The Balaban J connectivity index is 5.10. The molecule has 0 aromatic carbocycles. The van der Waals surface area contributed by atoms with Crippen molar-refractivity contribution in [3.05, 3.63) is 0 Å². The average molecular weight is 1330 g/mol. The molecule has 19 heteroatoms. The molecular formula is C71H138O17P2. The van der Waals surface area contributed by atoms with Gasteiger partial charge in [0.2, 0.25) is 0 Å². The predicted molar refractivity (Wildman–Crippen MR) is 363 cm³/mol. The molecule has 0 aliphatic heterocycles. The maximum absolute atomic E-state index is 13.0. The van der Waals surface area contributed by atoms with Crippen LogP contribution in [0.15, 0.2) is 0 Å². The summed E-state index contributed by atoms with van der Waals surface area (Å²) in [5.41, 5.74) is 0. The van der Waals surface area contributed by atoms with E-state index in [4.69, 9.17) is 37.0 Å². The molecular weight excluding hydrogens is 1190 g/mol. The van der Waals surface area contributed by atoms with Gasteiger partial charge in [-0.1, -0.05) is 323 Å². The predicted octanol–water partition coefficient (Wildman–Crippen LogP) is 20.7. The Morgan fingerprint density at radius 1 is 0.267 bits per heavy atom. The molecule has 2 unspecified atom stereocenters. The van der Waals surface area contributed by atoms with Gasteiger partial charge in [-0.3, -0.25) is 37.3 Å². The molecule has 0 aromatic rings. The van der Waals surface area contributed by atoms with E-state index in [1.165, 1.54) is 199 Å². The van der Waals surface area contributed by atoms with Crippen LogP contribution >= 0.6 is 15.6 Å². The minimum Gasteiger partial charge on any atom is -0.462 e. The van der Waals surface area contributed by atoms with Crippen molar-refractivity contribution in [3.63, 3.8) is 0 Å². The fourth-order valence-electron chi connectivity index (χ4n) is 10.9. The van der Waals surface area contributed by atoms with E-state index in [1.807, 2.05) is 0 Å². The first kappa shape index (κ1) is 88.1. The molecule has 0 fully saturated rings. The second kappa shape index (κ2) is 65.7. The molecule has 0 bridgehead atoms. The quantitative estimate of drug-likeness (QED) is 0.0222. The van der Waals surface area contributed by atoms with Crippen molar-refractivity contribution in [1.82, 2.24) is 0 Å². The van der Waals surface area contributed by atoms with Crippen molar-refractivity contribution in [2.45, 2.75) is 393 Å². The van der Waals surface area contributed by atoms with Crippen LogP contribution in [0.25, 0.3) is 0 Å². The smallest absolute Gasteiger partial charge is 0.462 e. The molecule has 0 radical (unpaired) electrons. The number of carbonyl (C=O) groups excluding carboxylic acids is 4. The van der Waals surface area contributed by atoms with Gasteiger partial charge in [-0.25, -0.2) is 9.13 Å². The van der Waals surface area contributed by atoms with Gasteiger partial charge < -0.3 is 33.8 Å². The van der Waals surface area contributed by atoms with Crippen LogP contribution in [0, 0.1) is 0 Å². The highest BCUT2D eigenvalue weighted by atomic mass is 31.2. The monoisotopic (exact) mass is 1320 g/mol. The molecule has 5 atom stereocenters. The van der Waals surface area contributed by atoms with E-state index in [0.29, 0.717) is 25.7 Å². The lowest BCUT2D eigenvalue weighted by Crippen LogP contribution is -2.30. The van der Waals surface area contributed by atoms with Gasteiger partial charge in [-0.15, -0.1) is 0 Å². The van der Waals surface area contributed by atoms with Gasteiger partial charge in [-0.2, -0.15) is 0 Å². The van der Waals surface area contributed by atoms with E-state index < -0.39 is 97.5 Å². The van der Waals surface area contributed by atoms with Crippen molar-refractivity contribution >= 4 is 39.5 Å². The molecule has 0 aliphatic carbocycles. The number of rotatable bonds is 72. The molecule has 0 heterocycles. The van der Waals surface area contributed by atoms with E-state index in [1.54, 1.807) is 0 Å². The SMILES string of the molecule is CCCCCCCCCCCCCCCCCCCCCCCCC(=O)O[C@H](COC(=O)CCCCCCCCCCCC)COP(=O)(O)OC[C@@H](O)COP(=O)(O)OC[C@@H](COC(=O)CCCCCCCCCC)OC(=O)CCCCCCCCCCCC. The lowest BCUT2D eigenvalue weighted by Gasteiger charge is -2.21. The molecule has 90 heavy (non-hydrogen) atoms. The van der Waals surface area contributed by atoms with Crippen LogP contribution in [-0.4, -0.2) is 96.7 Å². The molecule has 0 spiro atoms. The topological polar surface area (TPSA) is 237 Å². The summed E-state index contributed by atoms with van der Waals surface area (Å²) < 4.78 is 68.1. The third-order valence-corrected chi connectivity index (χ3v) is 18.5. The number of ether oxygens (including phenoxy) is 4. The Morgan fingerprint density at radius 3 is 0.656 bits per heavy atom. The van der Waals surface area contributed by atoms with E-state index in [0.717, 1.165) is 96.3 Å².